The third kappa shape index (κ3) is 3.32. The molecule has 2 heterocycles. The van der Waals surface area contributed by atoms with Crippen molar-refractivity contribution < 1.29 is 9.59 Å². The van der Waals surface area contributed by atoms with Crippen molar-refractivity contribution in [1.82, 2.24) is 9.80 Å². The normalized spacial score (nSPS) is 23.4. The highest BCUT2D eigenvalue weighted by molar-refractivity contribution is 5.95. The van der Waals surface area contributed by atoms with Gasteiger partial charge in [-0.1, -0.05) is 20.3 Å². The number of piperazine rings is 1. The van der Waals surface area contributed by atoms with Crippen LogP contribution in [0.2, 0.25) is 0 Å². The van der Waals surface area contributed by atoms with Gasteiger partial charge in [-0.3, -0.25) is 9.59 Å². The predicted octanol–water partition coefficient (Wildman–Crippen LogP) is 0.975. The van der Waals surface area contributed by atoms with Gasteiger partial charge in [-0.05, 0) is 37.6 Å². The highest BCUT2D eigenvalue weighted by Crippen LogP contribution is 2.25. The van der Waals surface area contributed by atoms with Crippen molar-refractivity contribution >= 4 is 11.8 Å². The highest BCUT2D eigenvalue weighted by atomic mass is 16.2. The monoisotopic (exact) mass is 281 g/mol. The molecule has 2 N–H and O–H groups in total. The minimum atomic E-state index is -0.170. The minimum Gasteiger partial charge on any atom is -0.332 e. The Morgan fingerprint density at radius 1 is 1.30 bits per heavy atom. The van der Waals surface area contributed by atoms with Crippen molar-refractivity contribution in [3.63, 3.8) is 0 Å². The Morgan fingerprint density at radius 3 is 2.75 bits per heavy atom. The molecule has 5 nitrogen and oxygen atoms in total. The van der Waals surface area contributed by atoms with Crippen molar-refractivity contribution in [2.24, 2.45) is 11.1 Å². The van der Waals surface area contributed by atoms with Crippen LogP contribution >= 0.6 is 0 Å². The standard InChI is InChI=1S/C15H27N3O2/c1-15(2,11-16)7-3-4-8-17-10-13(19)18-9-5-6-12(18)14(17)20/h12H,3-11,16H2,1-2H3. The number of carbonyl (C=O) groups is 2. The van der Waals surface area contributed by atoms with Gasteiger partial charge in [0.15, 0.2) is 0 Å². The van der Waals surface area contributed by atoms with E-state index in [4.69, 9.17) is 5.73 Å². The van der Waals surface area contributed by atoms with Gasteiger partial charge in [0.1, 0.15) is 6.04 Å². The zero-order chi connectivity index (χ0) is 14.8. The molecular formula is C15H27N3O2. The largest absolute Gasteiger partial charge is 0.332 e. The summed E-state index contributed by atoms with van der Waals surface area (Å²) in [4.78, 5) is 27.8. The van der Waals surface area contributed by atoms with Crippen LogP contribution in [0.5, 0.6) is 0 Å². The van der Waals surface area contributed by atoms with Crippen LogP contribution in [0.15, 0.2) is 0 Å². The molecular weight excluding hydrogens is 254 g/mol. The smallest absolute Gasteiger partial charge is 0.245 e. The maximum atomic E-state index is 12.3. The SMILES string of the molecule is CC(C)(CN)CCCCN1CC(=O)N2CCCC2C1=O. The Labute approximate surface area is 121 Å². The lowest BCUT2D eigenvalue weighted by Crippen LogP contribution is -2.57. The first-order valence-corrected chi connectivity index (χ1v) is 7.73. The van der Waals surface area contributed by atoms with E-state index in [1.165, 1.54) is 0 Å². The average Bonchev–Trinajstić information content (AvgIpc) is 2.90. The maximum absolute atomic E-state index is 12.3. The average molecular weight is 281 g/mol. The number of amides is 2. The van der Waals surface area contributed by atoms with Crippen molar-refractivity contribution in [3.05, 3.63) is 0 Å². The molecule has 2 amide bonds. The Morgan fingerprint density at radius 2 is 2.05 bits per heavy atom. The van der Waals surface area contributed by atoms with Crippen LogP contribution in [0.25, 0.3) is 0 Å². The lowest BCUT2D eigenvalue weighted by atomic mass is 9.87. The molecule has 2 aliphatic rings. The number of rotatable bonds is 6. The Balaban J connectivity index is 1.78. The number of fused-ring (bicyclic) bond motifs is 1. The number of unbranched alkanes of at least 4 members (excludes halogenated alkanes) is 1. The first kappa shape index (κ1) is 15.3. The molecule has 0 aromatic heterocycles. The second-order valence-corrected chi connectivity index (χ2v) is 6.83. The van der Waals surface area contributed by atoms with E-state index in [0.717, 1.165) is 38.6 Å². The third-order valence-electron chi connectivity index (χ3n) is 4.58. The molecule has 114 valence electrons. The lowest BCUT2D eigenvalue weighted by Gasteiger charge is -2.36. The van der Waals surface area contributed by atoms with Crippen molar-refractivity contribution in [2.75, 3.05) is 26.2 Å². The van der Waals surface area contributed by atoms with Crippen molar-refractivity contribution in [3.8, 4) is 0 Å². The van der Waals surface area contributed by atoms with Crippen LogP contribution in [0.4, 0.5) is 0 Å². The van der Waals surface area contributed by atoms with Gasteiger partial charge in [0.25, 0.3) is 0 Å². The molecule has 2 saturated heterocycles. The number of nitrogens with zero attached hydrogens (tertiary/aromatic N) is 2. The maximum Gasteiger partial charge on any atom is 0.245 e. The molecule has 20 heavy (non-hydrogen) atoms. The van der Waals surface area contributed by atoms with Crippen LogP contribution < -0.4 is 5.73 Å². The topological polar surface area (TPSA) is 66.6 Å². The summed E-state index contributed by atoms with van der Waals surface area (Å²) in [5.74, 6) is 0.273. The van der Waals surface area contributed by atoms with E-state index in [-0.39, 0.29) is 29.8 Å². The van der Waals surface area contributed by atoms with E-state index in [1.807, 2.05) is 0 Å². The van der Waals surface area contributed by atoms with Crippen molar-refractivity contribution in [1.29, 1.82) is 0 Å². The van der Waals surface area contributed by atoms with Crippen LogP contribution in [-0.2, 0) is 9.59 Å². The summed E-state index contributed by atoms with van der Waals surface area (Å²) in [5, 5.41) is 0. The minimum absolute atomic E-state index is 0.120. The van der Waals surface area contributed by atoms with Gasteiger partial charge in [0.05, 0.1) is 6.54 Å². The summed E-state index contributed by atoms with van der Waals surface area (Å²) in [6.45, 7) is 6.75. The van der Waals surface area contributed by atoms with E-state index in [0.29, 0.717) is 13.1 Å². The Kier molecular flexibility index (Phi) is 4.68. The summed E-state index contributed by atoms with van der Waals surface area (Å²) in [6.07, 6.45) is 4.86. The molecule has 2 fully saturated rings. The summed E-state index contributed by atoms with van der Waals surface area (Å²) in [7, 11) is 0. The van der Waals surface area contributed by atoms with Gasteiger partial charge < -0.3 is 15.5 Å². The molecule has 0 aromatic carbocycles. The van der Waals surface area contributed by atoms with Crippen LogP contribution in [0, 0.1) is 5.41 Å². The molecule has 2 rings (SSSR count). The predicted molar refractivity (Wildman–Crippen MR) is 78.0 cm³/mol. The van der Waals surface area contributed by atoms with E-state index in [9.17, 15) is 9.59 Å². The molecule has 0 spiro atoms. The van der Waals surface area contributed by atoms with Gasteiger partial charge in [-0.2, -0.15) is 0 Å². The number of hydrogen-bond donors (Lipinski definition) is 1. The highest BCUT2D eigenvalue weighted by Gasteiger charge is 2.41. The van der Waals surface area contributed by atoms with E-state index in [2.05, 4.69) is 13.8 Å². The molecule has 0 saturated carbocycles. The van der Waals surface area contributed by atoms with Crippen LogP contribution in [0.3, 0.4) is 0 Å². The summed E-state index contributed by atoms with van der Waals surface area (Å²) < 4.78 is 0. The fourth-order valence-corrected chi connectivity index (χ4v) is 3.06. The Bertz CT molecular complexity index is 381. The number of nitrogens with two attached hydrogens (primary N) is 1. The molecule has 2 aliphatic heterocycles. The molecule has 0 aliphatic carbocycles. The van der Waals surface area contributed by atoms with Crippen LogP contribution in [-0.4, -0.2) is 53.8 Å². The fraction of sp³-hybridized carbons (Fsp3) is 0.867. The molecule has 0 radical (unpaired) electrons. The zero-order valence-corrected chi connectivity index (χ0v) is 12.7. The van der Waals surface area contributed by atoms with Crippen molar-refractivity contribution in [2.45, 2.75) is 52.0 Å². The second kappa shape index (κ2) is 6.12. The summed E-state index contributed by atoms with van der Waals surface area (Å²) >= 11 is 0. The Hall–Kier alpha value is -1.10. The molecule has 5 heteroatoms. The van der Waals surface area contributed by atoms with E-state index in [1.54, 1.807) is 9.80 Å². The number of carbonyl (C=O) groups excluding carboxylic acids is 2. The molecule has 1 atom stereocenters. The van der Waals surface area contributed by atoms with Crippen LogP contribution in [0.1, 0.15) is 46.0 Å². The van der Waals surface area contributed by atoms with Gasteiger partial charge in [0, 0.05) is 13.1 Å². The summed E-state index contributed by atoms with van der Waals surface area (Å²) in [5.41, 5.74) is 5.89. The van der Waals surface area contributed by atoms with Gasteiger partial charge in [-0.15, -0.1) is 0 Å². The molecule has 0 aromatic rings. The van der Waals surface area contributed by atoms with Gasteiger partial charge >= 0.3 is 0 Å². The van der Waals surface area contributed by atoms with E-state index >= 15 is 0 Å². The lowest BCUT2D eigenvalue weighted by molar-refractivity contribution is -0.153. The second-order valence-electron chi connectivity index (χ2n) is 6.83. The number of hydrogen-bond acceptors (Lipinski definition) is 3. The first-order chi connectivity index (χ1) is 9.44. The molecule has 1 unspecified atom stereocenters. The zero-order valence-electron chi connectivity index (χ0n) is 12.7. The fourth-order valence-electron chi connectivity index (χ4n) is 3.06. The van der Waals surface area contributed by atoms with Gasteiger partial charge in [-0.25, -0.2) is 0 Å². The van der Waals surface area contributed by atoms with E-state index < -0.39 is 0 Å². The quantitative estimate of drug-likeness (QED) is 0.738. The molecule has 0 bridgehead atoms. The third-order valence-corrected chi connectivity index (χ3v) is 4.58. The van der Waals surface area contributed by atoms with Gasteiger partial charge in [0.2, 0.25) is 11.8 Å². The summed E-state index contributed by atoms with van der Waals surface area (Å²) in [6, 6.07) is -0.170. The first-order valence-electron chi connectivity index (χ1n) is 7.73.